The van der Waals surface area contributed by atoms with E-state index >= 15 is 0 Å². The highest BCUT2D eigenvalue weighted by Gasteiger charge is 2.18. The van der Waals surface area contributed by atoms with Gasteiger partial charge in [0.1, 0.15) is 0 Å². The van der Waals surface area contributed by atoms with Gasteiger partial charge in [0.05, 0.1) is 19.8 Å². The van der Waals surface area contributed by atoms with E-state index in [1.165, 1.54) is 0 Å². The van der Waals surface area contributed by atoms with Crippen molar-refractivity contribution < 1.29 is 28.5 Å². The fourth-order valence-corrected chi connectivity index (χ4v) is 4.08. The first kappa shape index (κ1) is 27.2. The Morgan fingerprint density at radius 2 is 1.39 bits per heavy atom. The molecule has 1 fully saturated rings. The molecule has 2 aromatic rings. The topological polar surface area (TPSA) is 86.3 Å². The highest BCUT2D eigenvalue weighted by molar-refractivity contribution is 5.94. The van der Waals surface area contributed by atoms with Crippen LogP contribution >= 0.6 is 0 Å². The van der Waals surface area contributed by atoms with Crippen LogP contribution in [0.25, 0.3) is 0 Å². The molecule has 0 aromatic heterocycles. The molecule has 1 saturated heterocycles. The van der Waals surface area contributed by atoms with Gasteiger partial charge in [0.15, 0.2) is 29.6 Å². The Kier molecular flexibility index (Phi) is 10.7. The van der Waals surface area contributed by atoms with Gasteiger partial charge < -0.3 is 29.2 Å². The molecule has 1 heterocycles. The van der Waals surface area contributed by atoms with Crippen LogP contribution in [0.5, 0.6) is 23.0 Å². The number of carbonyl (C=O) groups excluding carboxylic acids is 2. The lowest BCUT2D eigenvalue weighted by atomic mass is 10.1. The van der Waals surface area contributed by atoms with Gasteiger partial charge in [0, 0.05) is 25.2 Å². The van der Waals surface area contributed by atoms with E-state index in [0.717, 1.165) is 43.7 Å². The highest BCUT2D eigenvalue weighted by atomic mass is 16.5. The van der Waals surface area contributed by atoms with Gasteiger partial charge in [-0.3, -0.25) is 9.59 Å². The Balaban J connectivity index is 1.56. The van der Waals surface area contributed by atoms with Crippen LogP contribution in [0.15, 0.2) is 36.4 Å². The van der Waals surface area contributed by atoms with Crippen molar-refractivity contribution in [3.05, 3.63) is 47.5 Å². The molecule has 0 bridgehead atoms. The van der Waals surface area contributed by atoms with Gasteiger partial charge in [-0.1, -0.05) is 6.07 Å². The number of hydrogen-bond acceptors (Lipinski definition) is 6. The van der Waals surface area contributed by atoms with E-state index < -0.39 is 0 Å². The van der Waals surface area contributed by atoms with Gasteiger partial charge in [-0.25, -0.2) is 0 Å². The molecule has 3 rings (SSSR count). The second-order valence-corrected chi connectivity index (χ2v) is 8.48. The normalized spacial score (nSPS) is 13.1. The fourth-order valence-electron chi connectivity index (χ4n) is 4.08. The molecule has 8 nitrogen and oxygen atoms in total. The molecule has 2 aromatic carbocycles. The van der Waals surface area contributed by atoms with E-state index in [9.17, 15) is 9.59 Å². The summed E-state index contributed by atoms with van der Waals surface area (Å²) in [4.78, 5) is 27.1. The van der Waals surface area contributed by atoms with Crippen molar-refractivity contribution in [2.45, 2.75) is 46.5 Å². The van der Waals surface area contributed by atoms with Crippen LogP contribution in [0.3, 0.4) is 0 Å². The predicted molar refractivity (Wildman–Crippen MR) is 138 cm³/mol. The first-order valence-corrected chi connectivity index (χ1v) is 12.9. The molecule has 0 atom stereocenters. The molecule has 1 aliphatic heterocycles. The van der Waals surface area contributed by atoms with Gasteiger partial charge in [0.25, 0.3) is 11.8 Å². The third kappa shape index (κ3) is 7.80. The molecule has 1 N–H and O–H groups in total. The SMILES string of the molecule is CCOc1ccc(CCNC(=O)c2ccc(OCC(=O)N3CCCCC3)c(OCC)c2)cc1OCC. The van der Waals surface area contributed by atoms with E-state index in [2.05, 4.69) is 5.32 Å². The van der Waals surface area contributed by atoms with Gasteiger partial charge in [-0.05, 0) is 82.3 Å². The van der Waals surface area contributed by atoms with Gasteiger partial charge in [-0.2, -0.15) is 0 Å². The number of hydrogen-bond donors (Lipinski definition) is 1. The lowest BCUT2D eigenvalue weighted by Gasteiger charge is -2.26. The summed E-state index contributed by atoms with van der Waals surface area (Å²) in [5.74, 6) is 2.10. The van der Waals surface area contributed by atoms with E-state index in [1.54, 1.807) is 18.2 Å². The average molecular weight is 499 g/mol. The number of benzene rings is 2. The maximum Gasteiger partial charge on any atom is 0.260 e. The number of carbonyl (C=O) groups is 2. The molecular weight excluding hydrogens is 460 g/mol. The number of piperidine rings is 1. The molecular formula is C28H38N2O6. The van der Waals surface area contributed by atoms with Crippen molar-refractivity contribution in [3.8, 4) is 23.0 Å². The summed E-state index contributed by atoms with van der Waals surface area (Å²) in [7, 11) is 0. The summed E-state index contributed by atoms with van der Waals surface area (Å²) in [5, 5.41) is 2.95. The van der Waals surface area contributed by atoms with Crippen molar-refractivity contribution >= 4 is 11.8 Å². The van der Waals surface area contributed by atoms with Crippen LogP contribution in [-0.4, -0.2) is 62.8 Å². The van der Waals surface area contributed by atoms with Crippen molar-refractivity contribution in [1.29, 1.82) is 0 Å². The standard InChI is InChI=1S/C28H38N2O6/c1-4-33-23-12-10-21(18-25(23)34-5-2)14-15-29-28(32)22-11-13-24(26(19-22)35-6-3)36-20-27(31)30-16-8-7-9-17-30/h10-13,18-19H,4-9,14-17,20H2,1-3H3,(H,29,32). The molecule has 0 radical (unpaired) electrons. The first-order valence-electron chi connectivity index (χ1n) is 12.9. The van der Waals surface area contributed by atoms with Crippen LogP contribution in [0.4, 0.5) is 0 Å². The maximum atomic E-state index is 12.8. The smallest absolute Gasteiger partial charge is 0.260 e. The van der Waals surface area contributed by atoms with Crippen molar-refractivity contribution in [1.82, 2.24) is 10.2 Å². The zero-order valence-corrected chi connectivity index (χ0v) is 21.6. The minimum atomic E-state index is -0.206. The zero-order valence-electron chi connectivity index (χ0n) is 21.6. The fraction of sp³-hybridized carbons (Fsp3) is 0.500. The van der Waals surface area contributed by atoms with Crippen LogP contribution in [-0.2, 0) is 11.2 Å². The van der Waals surface area contributed by atoms with Crippen LogP contribution < -0.4 is 24.3 Å². The molecule has 2 amide bonds. The highest BCUT2D eigenvalue weighted by Crippen LogP contribution is 2.30. The summed E-state index contributed by atoms with van der Waals surface area (Å²) < 4.78 is 22.7. The van der Waals surface area contributed by atoms with E-state index in [-0.39, 0.29) is 18.4 Å². The number of nitrogens with zero attached hydrogens (tertiary/aromatic N) is 1. The van der Waals surface area contributed by atoms with Gasteiger partial charge in [0.2, 0.25) is 0 Å². The lowest BCUT2D eigenvalue weighted by Crippen LogP contribution is -2.38. The molecule has 0 unspecified atom stereocenters. The molecule has 8 heteroatoms. The summed E-state index contributed by atoms with van der Waals surface area (Å²) in [6.45, 7) is 9.25. The minimum absolute atomic E-state index is 0.0271. The third-order valence-corrected chi connectivity index (χ3v) is 5.87. The number of nitrogens with one attached hydrogen (secondary N) is 1. The van der Waals surface area contributed by atoms with Crippen molar-refractivity contribution in [2.24, 2.45) is 0 Å². The molecule has 0 spiro atoms. The summed E-state index contributed by atoms with van der Waals surface area (Å²) in [5.41, 5.74) is 1.51. The van der Waals surface area contributed by atoms with Gasteiger partial charge in [-0.15, -0.1) is 0 Å². The summed E-state index contributed by atoms with van der Waals surface area (Å²) >= 11 is 0. The molecule has 1 aliphatic rings. The maximum absolute atomic E-state index is 12.8. The summed E-state index contributed by atoms with van der Waals surface area (Å²) in [6, 6.07) is 10.8. The number of ether oxygens (including phenoxy) is 4. The number of likely N-dealkylation sites (tertiary alicyclic amines) is 1. The molecule has 0 aliphatic carbocycles. The van der Waals surface area contributed by atoms with Gasteiger partial charge >= 0.3 is 0 Å². The second kappa shape index (κ2) is 14.2. The second-order valence-electron chi connectivity index (χ2n) is 8.48. The first-order chi connectivity index (χ1) is 17.5. The van der Waals surface area contributed by atoms with Crippen LogP contribution in [0.1, 0.15) is 56.0 Å². The monoisotopic (exact) mass is 498 g/mol. The van der Waals surface area contributed by atoms with Crippen LogP contribution in [0.2, 0.25) is 0 Å². The van der Waals surface area contributed by atoms with E-state index in [0.29, 0.717) is 55.6 Å². The molecule has 36 heavy (non-hydrogen) atoms. The minimum Gasteiger partial charge on any atom is -0.490 e. The predicted octanol–water partition coefficient (Wildman–Crippen LogP) is 4.25. The molecule has 196 valence electrons. The Bertz CT molecular complexity index is 1000. The number of rotatable bonds is 13. The summed E-state index contributed by atoms with van der Waals surface area (Å²) in [6.07, 6.45) is 3.88. The Morgan fingerprint density at radius 1 is 0.778 bits per heavy atom. The lowest BCUT2D eigenvalue weighted by molar-refractivity contribution is -0.134. The Morgan fingerprint density at radius 3 is 2.08 bits per heavy atom. The van der Waals surface area contributed by atoms with E-state index in [4.69, 9.17) is 18.9 Å². The van der Waals surface area contributed by atoms with E-state index in [1.807, 2.05) is 43.9 Å². The number of amides is 2. The largest absolute Gasteiger partial charge is 0.490 e. The zero-order chi connectivity index (χ0) is 25.8. The molecule has 0 saturated carbocycles. The van der Waals surface area contributed by atoms with Crippen molar-refractivity contribution in [3.63, 3.8) is 0 Å². The third-order valence-electron chi connectivity index (χ3n) is 5.87. The van der Waals surface area contributed by atoms with Crippen LogP contribution in [0, 0.1) is 0 Å². The van der Waals surface area contributed by atoms with Crippen molar-refractivity contribution in [2.75, 3.05) is 46.1 Å². The quantitative estimate of drug-likeness (QED) is 0.444. The average Bonchev–Trinajstić information content (AvgIpc) is 2.90. The Labute approximate surface area is 213 Å². The Hall–Kier alpha value is -3.42.